The van der Waals surface area contributed by atoms with Crippen LogP contribution in [0.15, 0.2) is 11.8 Å². The normalized spacial score (nSPS) is 23.9. The van der Waals surface area contributed by atoms with Gasteiger partial charge in [-0.05, 0) is 32.8 Å². The van der Waals surface area contributed by atoms with Crippen LogP contribution in [0.5, 0.6) is 0 Å². The Morgan fingerprint density at radius 3 is 2.50 bits per heavy atom. The summed E-state index contributed by atoms with van der Waals surface area (Å²) in [6.45, 7) is 10.3. The summed E-state index contributed by atoms with van der Waals surface area (Å²) in [5, 5.41) is 10.9. The van der Waals surface area contributed by atoms with Gasteiger partial charge in [0, 0.05) is 25.4 Å². The first kappa shape index (κ1) is 16.5. The molecule has 0 aromatic carbocycles. The molecule has 0 spiro atoms. The lowest BCUT2D eigenvalue weighted by Crippen LogP contribution is -2.35. The third-order valence-electron chi connectivity index (χ3n) is 3.33. The summed E-state index contributed by atoms with van der Waals surface area (Å²) in [6.07, 6.45) is 1.73. The average molecular weight is 284 g/mol. The lowest BCUT2D eigenvalue weighted by molar-refractivity contribution is -0.428. The van der Waals surface area contributed by atoms with E-state index in [1.807, 2.05) is 27.7 Å². The molecule has 0 radical (unpaired) electrons. The molecular formula is C14H24N2O4. The van der Waals surface area contributed by atoms with Gasteiger partial charge in [-0.15, -0.1) is 0 Å². The number of carbonyl (C=O) groups is 1. The molecule has 1 aliphatic rings. The van der Waals surface area contributed by atoms with Crippen molar-refractivity contribution in [2.24, 2.45) is 11.8 Å². The van der Waals surface area contributed by atoms with E-state index in [4.69, 9.17) is 4.74 Å². The van der Waals surface area contributed by atoms with E-state index in [0.717, 1.165) is 0 Å². The Labute approximate surface area is 119 Å². The maximum Gasteiger partial charge on any atom is 0.410 e. The monoisotopic (exact) mass is 284 g/mol. The molecule has 0 saturated carbocycles. The van der Waals surface area contributed by atoms with Gasteiger partial charge in [-0.2, -0.15) is 0 Å². The van der Waals surface area contributed by atoms with Crippen molar-refractivity contribution in [1.29, 1.82) is 0 Å². The van der Waals surface area contributed by atoms with E-state index in [9.17, 15) is 14.9 Å². The van der Waals surface area contributed by atoms with Crippen LogP contribution in [-0.4, -0.2) is 34.6 Å². The Morgan fingerprint density at radius 2 is 2.05 bits per heavy atom. The van der Waals surface area contributed by atoms with Crippen LogP contribution in [0.3, 0.4) is 0 Å². The van der Waals surface area contributed by atoms with E-state index in [1.165, 1.54) is 0 Å². The van der Waals surface area contributed by atoms with Gasteiger partial charge in [0.1, 0.15) is 5.60 Å². The van der Waals surface area contributed by atoms with Gasteiger partial charge in [0.2, 0.25) is 5.70 Å². The van der Waals surface area contributed by atoms with Gasteiger partial charge in [-0.25, -0.2) is 4.79 Å². The minimum atomic E-state index is -0.524. The summed E-state index contributed by atoms with van der Waals surface area (Å²) < 4.78 is 5.33. The quantitative estimate of drug-likeness (QED) is 0.589. The van der Waals surface area contributed by atoms with Crippen molar-refractivity contribution in [3.05, 3.63) is 21.9 Å². The zero-order valence-electron chi connectivity index (χ0n) is 12.9. The van der Waals surface area contributed by atoms with Crippen LogP contribution in [0.25, 0.3) is 0 Å². The number of hydrogen-bond donors (Lipinski definition) is 0. The predicted octanol–water partition coefficient (Wildman–Crippen LogP) is 3.06. The van der Waals surface area contributed by atoms with E-state index in [2.05, 4.69) is 0 Å². The Morgan fingerprint density at radius 1 is 1.45 bits per heavy atom. The molecule has 114 valence electrons. The van der Waals surface area contributed by atoms with Gasteiger partial charge in [-0.1, -0.05) is 13.8 Å². The SMILES string of the molecule is CC/C(=C\[C@H]1CN(C(=O)OC(C)(C)C)CC1C)[N+](=O)[O-]. The Balaban J connectivity index is 2.72. The van der Waals surface area contributed by atoms with Crippen LogP contribution in [0.1, 0.15) is 41.0 Å². The Bertz CT molecular complexity index is 412. The van der Waals surface area contributed by atoms with E-state index >= 15 is 0 Å². The maximum absolute atomic E-state index is 12.0. The van der Waals surface area contributed by atoms with E-state index in [1.54, 1.807) is 17.9 Å². The highest BCUT2D eigenvalue weighted by molar-refractivity contribution is 5.68. The lowest BCUT2D eigenvalue weighted by Gasteiger charge is -2.24. The smallest absolute Gasteiger partial charge is 0.410 e. The molecule has 2 atom stereocenters. The molecule has 1 unspecified atom stereocenters. The second kappa shape index (κ2) is 6.24. The fraction of sp³-hybridized carbons (Fsp3) is 0.786. The minimum absolute atomic E-state index is 0.0165. The van der Waals surface area contributed by atoms with Gasteiger partial charge < -0.3 is 9.64 Å². The molecule has 0 N–H and O–H groups in total. The van der Waals surface area contributed by atoms with Crippen molar-refractivity contribution in [3.63, 3.8) is 0 Å². The Kier molecular flexibility index (Phi) is 5.14. The highest BCUT2D eigenvalue weighted by atomic mass is 16.6. The molecule has 1 rings (SSSR count). The zero-order valence-corrected chi connectivity index (χ0v) is 12.9. The lowest BCUT2D eigenvalue weighted by atomic mass is 9.97. The van der Waals surface area contributed by atoms with Gasteiger partial charge in [0.25, 0.3) is 0 Å². The topological polar surface area (TPSA) is 72.7 Å². The summed E-state index contributed by atoms with van der Waals surface area (Å²) in [4.78, 5) is 24.1. The second-order valence-corrected chi connectivity index (χ2v) is 6.30. The summed E-state index contributed by atoms with van der Waals surface area (Å²) in [5.41, 5.74) is -0.309. The number of nitro groups is 1. The predicted molar refractivity (Wildman–Crippen MR) is 75.8 cm³/mol. The number of rotatable bonds is 3. The standard InChI is InChI=1S/C14H24N2O4/c1-6-12(16(18)19)7-11-9-15(8-10(11)2)13(17)20-14(3,4)5/h7,10-11H,6,8-9H2,1-5H3/b12-7+/t10?,11-/m0/s1. The van der Waals surface area contributed by atoms with Gasteiger partial charge in [0.05, 0.1) is 4.92 Å². The third-order valence-corrected chi connectivity index (χ3v) is 3.33. The van der Waals surface area contributed by atoms with E-state index in [0.29, 0.717) is 19.5 Å². The molecule has 6 nitrogen and oxygen atoms in total. The molecule has 0 aromatic rings. The first-order valence-corrected chi connectivity index (χ1v) is 6.97. The summed E-state index contributed by atoms with van der Waals surface area (Å²) in [5.74, 6) is 0.215. The molecule has 0 aliphatic carbocycles. The van der Waals surface area contributed by atoms with Crippen molar-refractivity contribution < 1.29 is 14.5 Å². The third kappa shape index (κ3) is 4.51. The fourth-order valence-electron chi connectivity index (χ4n) is 2.24. The number of nitrogens with zero attached hydrogens (tertiary/aromatic N) is 2. The second-order valence-electron chi connectivity index (χ2n) is 6.30. The first-order valence-electron chi connectivity index (χ1n) is 6.97. The van der Waals surface area contributed by atoms with Crippen molar-refractivity contribution in [1.82, 2.24) is 4.90 Å². The summed E-state index contributed by atoms with van der Waals surface area (Å²) in [7, 11) is 0. The van der Waals surface area contributed by atoms with Crippen LogP contribution in [0.2, 0.25) is 0 Å². The molecule has 1 amide bonds. The van der Waals surface area contributed by atoms with Crippen molar-refractivity contribution >= 4 is 6.09 Å². The van der Waals surface area contributed by atoms with Crippen LogP contribution < -0.4 is 0 Å². The van der Waals surface area contributed by atoms with Crippen LogP contribution in [0, 0.1) is 22.0 Å². The van der Waals surface area contributed by atoms with Crippen LogP contribution in [0.4, 0.5) is 4.79 Å². The van der Waals surface area contributed by atoms with Crippen molar-refractivity contribution in [2.45, 2.75) is 46.6 Å². The summed E-state index contributed by atoms with van der Waals surface area (Å²) >= 11 is 0. The number of amides is 1. The number of allylic oxidation sites excluding steroid dienone is 1. The van der Waals surface area contributed by atoms with Crippen molar-refractivity contribution in [3.8, 4) is 0 Å². The highest BCUT2D eigenvalue weighted by Crippen LogP contribution is 2.27. The average Bonchev–Trinajstić information content (AvgIpc) is 2.65. The molecule has 1 fully saturated rings. The van der Waals surface area contributed by atoms with Crippen LogP contribution in [-0.2, 0) is 4.74 Å². The largest absolute Gasteiger partial charge is 0.444 e. The van der Waals surface area contributed by atoms with Gasteiger partial charge >= 0.3 is 6.09 Å². The molecular weight excluding hydrogens is 260 g/mol. The molecule has 1 heterocycles. The molecule has 6 heteroatoms. The fourth-order valence-corrected chi connectivity index (χ4v) is 2.24. The molecule has 20 heavy (non-hydrogen) atoms. The zero-order chi connectivity index (χ0) is 15.5. The maximum atomic E-state index is 12.0. The van der Waals surface area contributed by atoms with Crippen molar-refractivity contribution in [2.75, 3.05) is 13.1 Å². The first-order chi connectivity index (χ1) is 9.14. The van der Waals surface area contributed by atoms with E-state index in [-0.39, 0.29) is 28.5 Å². The summed E-state index contributed by atoms with van der Waals surface area (Å²) in [6, 6.07) is 0. The van der Waals surface area contributed by atoms with E-state index < -0.39 is 5.60 Å². The molecule has 0 aromatic heterocycles. The Hall–Kier alpha value is -1.59. The van der Waals surface area contributed by atoms with Crippen LogP contribution >= 0.6 is 0 Å². The van der Waals surface area contributed by atoms with Gasteiger partial charge in [0.15, 0.2) is 0 Å². The van der Waals surface area contributed by atoms with Gasteiger partial charge in [-0.3, -0.25) is 10.1 Å². The minimum Gasteiger partial charge on any atom is -0.444 e. The molecule has 0 bridgehead atoms. The number of carbonyl (C=O) groups excluding carboxylic acids is 1. The molecule has 1 saturated heterocycles. The number of likely N-dealkylation sites (tertiary alicyclic amines) is 1. The molecule has 1 aliphatic heterocycles. The number of ether oxygens (including phenoxy) is 1. The number of hydrogen-bond acceptors (Lipinski definition) is 4. The highest BCUT2D eigenvalue weighted by Gasteiger charge is 2.34.